The Bertz CT molecular complexity index is 1180. The third kappa shape index (κ3) is 3.94. The summed E-state index contributed by atoms with van der Waals surface area (Å²) in [6.07, 6.45) is 2.97. The number of benzene rings is 3. The minimum atomic E-state index is -0.473. The lowest BCUT2D eigenvalue weighted by Crippen LogP contribution is -2.26. The fourth-order valence-corrected chi connectivity index (χ4v) is 4.58. The van der Waals surface area contributed by atoms with Crippen LogP contribution in [0.3, 0.4) is 0 Å². The van der Waals surface area contributed by atoms with E-state index in [2.05, 4.69) is 15.9 Å². The van der Waals surface area contributed by atoms with Crippen molar-refractivity contribution in [2.45, 2.75) is 9.79 Å². The van der Waals surface area contributed by atoms with Crippen molar-refractivity contribution in [3.05, 3.63) is 91.9 Å². The summed E-state index contributed by atoms with van der Waals surface area (Å²) in [5, 5.41) is 11.7. The van der Waals surface area contributed by atoms with E-state index >= 15 is 0 Å². The number of rotatable bonds is 3. The average Bonchev–Trinajstić information content (AvgIpc) is 2.71. The molecule has 3 aromatic carbocycles. The summed E-state index contributed by atoms with van der Waals surface area (Å²) < 4.78 is 0.386. The molecule has 1 heterocycles. The van der Waals surface area contributed by atoms with Gasteiger partial charge >= 0.3 is 0 Å². The molecular formula is C21H12BrClN2O3S. The Morgan fingerprint density at radius 2 is 1.83 bits per heavy atom. The van der Waals surface area contributed by atoms with Crippen LogP contribution < -0.4 is 4.90 Å². The number of nitrogens with zero attached hydrogens (tertiary/aromatic N) is 2. The first-order chi connectivity index (χ1) is 13.9. The van der Waals surface area contributed by atoms with Gasteiger partial charge in [0.1, 0.15) is 0 Å². The maximum atomic E-state index is 13.1. The summed E-state index contributed by atoms with van der Waals surface area (Å²) in [7, 11) is 0. The van der Waals surface area contributed by atoms with E-state index in [-0.39, 0.29) is 11.6 Å². The van der Waals surface area contributed by atoms with Crippen LogP contribution in [0.5, 0.6) is 0 Å². The zero-order valence-electron chi connectivity index (χ0n) is 14.7. The van der Waals surface area contributed by atoms with Crippen molar-refractivity contribution < 1.29 is 9.72 Å². The molecule has 0 fully saturated rings. The number of halogens is 2. The van der Waals surface area contributed by atoms with Crippen molar-refractivity contribution in [2.75, 3.05) is 4.90 Å². The van der Waals surface area contributed by atoms with Crippen LogP contribution in [-0.4, -0.2) is 10.8 Å². The highest BCUT2D eigenvalue weighted by Gasteiger charge is 2.27. The molecule has 1 aliphatic heterocycles. The molecule has 8 heteroatoms. The Balaban J connectivity index is 1.72. The Morgan fingerprint density at radius 3 is 2.62 bits per heavy atom. The molecule has 5 nitrogen and oxygen atoms in total. The van der Waals surface area contributed by atoms with E-state index in [4.69, 9.17) is 11.6 Å². The maximum Gasteiger partial charge on any atom is 0.284 e. The van der Waals surface area contributed by atoms with Gasteiger partial charge in [0.15, 0.2) is 0 Å². The predicted molar refractivity (Wildman–Crippen MR) is 119 cm³/mol. The highest BCUT2D eigenvalue weighted by molar-refractivity contribution is 9.10. The Labute approximate surface area is 184 Å². The number of carbonyl (C=O) groups excluding carboxylic acids is 1. The average molecular weight is 488 g/mol. The summed E-state index contributed by atoms with van der Waals surface area (Å²) in [6.45, 7) is 0. The normalized spacial score (nSPS) is 12.6. The number of hydrogen-bond donors (Lipinski definition) is 0. The number of carbonyl (C=O) groups is 1. The van der Waals surface area contributed by atoms with E-state index in [1.54, 1.807) is 47.0 Å². The molecule has 0 aliphatic carbocycles. The van der Waals surface area contributed by atoms with Crippen molar-refractivity contribution in [3.63, 3.8) is 0 Å². The third-order valence-corrected chi connectivity index (χ3v) is 6.33. The lowest BCUT2D eigenvalue weighted by atomic mass is 10.1. The van der Waals surface area contributed by atoms with Crippen LogP contribution in [0.1, 0.15) is 5.56 Å². The SMILES string of the molecule is O=C(/C=C/c1ccc(Br)c([N+](=O)[O-])c1)N1c2ccccc2Sc2ccc(Cl)cc21. The number of nitro benzene ring substituents is 1. The second-order valence-electron chi connectivity index (χ2n) is 6.16. The fraction of sp³-hybridized carbons (Fsp3) is 0. The molecule has 0 radical (unpaired) electrons. The van der Waals surface area contributed by atoms with E-state index in [9.17, 15) is 14.9 Å². The molecule has 0 atom stereocenters. The molecular weight excluding hydrogens is 476 g/mol. The van der Waals surface area contributed by atoms with Gasteiger partial charge in [-0.25, -0.2) is 0 Å². The zero-order chi connectivity index (χ0) is 20.5. The van der Waals surface area contributed by atoms with Crippen molar-refractivity contribution in [1.29, 1.82) is 0 Å². The summed E-state index contributed by atoms with van der Waals surface area (Å²) in [5.41, 5.74) is 1.97. The zero-order valence-corrected chi connectivity index (χ0v) is 17.9. The second kappa shape index (κ2) is 8.02. The number of fused-ring (bicyclic) bond motifs is 2. The highest BCUT2D eigenvalue weighted by Crippen LogP contribution is 2.48. The lowest BCUT2D eigenvalue weighted by molar-refractivity contribution is -0.385. The van der Waals surface area contributed by atoms with Crippen LogP contribution in [0.4, 0.5) is 17.1 Å². The van der Waals surface area contributed by atoms with Gasteiger partial charge in [-0.1, -0.05) is 41.6 Å². The van der Waals surface area contributed by atoms with Gasteiger partial charge in [-0.3, -0.25) is 19.8 Å². The number of para-hydroxylation sites is 1. The number of amides is 1. The first kappa shape index (κ1) is 19.7. The maximum absolute atomic E-state index is 13.1. The summed E-state index contributed by atoms with van der Waals surface area (Å²) in [4.78, 5) is 27.3. The van der Waals surface area contributed by atoms with Gasteiger partial charge in [-0.05, 0) is 64.0 Å². The van der Waals surface area contributed by atoms with E-state index in [0.29, 0.717) is 20.7 Å². The molecule has 29 heavy (non-hydrogen) atoms. The molecule has 3 aromatic rings. The monoisotopic (exact) mass is 486 g/mol. The van der Waals surface area contributed by atoms with E-state index < -0.39 is 4.92 Å². The summed E-state index contributed by atoms with van der Waals surface area (Å²) in [6, 6.07) is 17.8. The van der Waals surface area contributed by atoms with E-state index in [1.807, 2.05) is 30.3 Å². The minimum absolute atomic E-state index is 0.0588. The first-order valence-corrected chi connectivity index (χ1v) is 10.5. The lowest BCUT2D eigenvalue weighted by Gasteiger charge is -2.30. The Hall–Kier alpha value is -2.61. The van der Waals surface area contributed by atoms with E-state index in [0.717, 1.165) is 15.5 Å². The molecule has 0 N–H and O–H groups in total. The van der Waals surface area contributed by atoms with Crippen LogP contribution >= 0.6 is 39.3 Å². The largest absolute Gasteiger partial charge is 0.284 e. The van der Waals surface area contributed by atoms with E-state index in [1.165, 1.54) is 12.1 Å². The summed E-state index contributed by atoms with van der Waals surface area (Å²) in [5.74, 6) is -0.271. The molecule has 144 valence electrons. The highest BCUT2D eigenvalue weighted by atomic mass is 79.9. The fourth-order valence-electron chi connectivity index (χ4n) is 2.98. The molecule has 0 saturated carbocycles. The van der Waals surface area contributed by atoms with Crippen molar-refractivity contribution in [3.8, 4) is 0 Å². The number of nitro groups is 1. The predicted octanol–water partition coefficient (Wildman–Crippen LogP) is 6.85. The van der Waals surface area contributed by atoms with Crippen LogP contribution in [-0.2, 0) is 4.79 Å². The van der Waals surface area contributed by atoms with Gasteiger partial charge in [0.25, 0.3) is 11.6 Å². The first-order valence-electron chi connectivity index (χ1n) is 8.46. The quantitative estimate of drug-likeness (QED) is 0.230. The molecule has 0 aromatic heterocycles. The summed E-state index contributed by atoms with van der Waals surface area (Å²) >= 11 is 10.9. The van der Waals surface area contributed by atoms with Gasteiger partial charge in [-0.2, -0.15) is 0 Å². The van der Waals surface area contributed by atoms with Crippen LogP contribution in [0, 0.1) is 10.1 Å². The third-order valence-electron chi connectivity index (χ3n) is 4.29. The topological polar surface area (TPSA) is 63.4 Å². The second-order valence-corrected chi connectivity index (χ2v) is 8.53. The van der Waals surface area contributed by atoms with Crippen LogP contribution in [0.2, 0.25) is 5.02 Å². The van der Waals surface area contributed by atoms with Crippen LogP contribution in [0.15, 0.2) is 81.0 Å². The number of hydrogen-bond acceptors (Lipinski definition) is 4. The number of anilines is 2. The van der Waals surface area contributed by atoms with Gasteiger partial charge in [0, 0.05) is 27.0 Å². The van der Waals surface area contributed by atoms with Crippen molar-refractivity contribution in [1.82, 2.24) is 0 Å². The Kier molecular flexibility index (Phi) is 5.45. The van der Waals surface area contributed by atoms with Crippen molar-refractivity contribution in [2.24, 2.45) is 0 Å². The smallest absolute Gasteiger partial charge is 0.275 e. The molecule has 0 saturated heterocycles. The van der Waals surface area contributed by atoms with Gasteiger partial charge < -0.3 is 0 Å². The van der Waals surface area contributed by atoms with Crippen molar-refractivity contribution >= 4 is 68.3 Å². The molecule has 0 spiro atoms. The van der Waals surface area contributed by atoms with Gasteiger partial charge in [0.2, 0.25) is 0 Å². The molecule has 0 bridgehead atoms. The van der Waals surface area contributed by atoms with Gasteiger partial charge in [-0.15, -0.1) is 0 Å². The minimum Gasteiger partial charge on any atom is -0.275 e. The molecule has 1 amide bonds. The molecule has 0 unspecified atom stereocenters. The molecule has 1 aliphatic rings. The standard InChI is InChI=1S/C21H12BrClN2O3S/c22-15-8-5-13(11-17(15)25(27)28)6-10-21(26)24-16-3-1-2-4-19(16)29-20-9-7-14(23)12-18(20)24/h1-12H/b10-6+. The molecule has 4 rings (SSSR count). The Morgan fingerprint density at radius 1 is 1.07 bits per heavy atom. The van der Waals surface area contributed by atoms with Gasteiger partial charge in [0.05, 0.1) is 20.8 Å². The van der Waals surface area contributed by atoms with Crippen LogP contribution in [0.25, 0.3) is 6.08 Å².